The van der Waals surface area contributed by atoms with E-state index in [1.54, 1.807) is 0 Å². The molecule has 3 atom stereocenters. The highest BCUT2D eigenvalue weighted by Crippen LogP contribution is 2.45. The molecule has 1 fully saturated rings. The second-order valence-corrected chi connectivity index (χ2v) is 7.21. The number of carbonyl (C=O) groups is 2. The van der Waals surface area contributed by atoms with E-state index in [9.17, 15) is 14.0 Å². The molecule has 4 heteroatoms. The van der Waals surface area contributed by atoms with Gasteiger partial charge in [0.05, 0.1) is 0 Å². The van der Waals surface area contributed by atoms with Crippen LogP contribution in [0.5, 0.6) is 5.75 Å². The lowest BCUT2D eigenvalue weighted by atomic mass is 9.86. The number of fused-ring (bicyclic) bond motifs is 1. The second kappa shape index (κ2) is 6.95. The number of hydrogen-bond acceptors (Lipinski definition) is 3. The fourth-order valence-electron chi connectivity index (χ4n) is 3.95. The van der Waals surface area contributed by atoms with Gasteiger partial charge in [-0.25, -0.2) is 9.18 Å². The van der Waals surface area contributed by atoms with E-state index in [0.717, 1.165) is 18.4 Å². The highest BCUT2D eigenvalue weighted by Gasteiger charge is 2.38. The third kappa shape index (κ3) is 3.58. The van der Waals surface area contributed by atoms with Crippen molar-refractivity contribution in [3.8, 4) is 5.75 Å². The second-order valence-electron chi connectivity index (χ2n) is 7.21. The molecule has 0 spiro atoms. The minimum Gasteiger partial charge on any atom is -0.423 e. The number of ether oxygens (including phenoxy) is 1. The van der Waals surface area contributed by atoms with Crippen molar-refractivity contribution in [2.24, 2.45) is 17.8 Å². The van der Waals surface area contributed by atoms with Crippen LogP contribution in [0.15, 0.2) is 47.6 Å². The van der Waals surface area contributed by atoms with Gasteiger partial charge in [0.2, 0.25) is 0 Å². The molecule has 1 unspecified atom stereocenters. The van der Waals surface area contributed by atoms with Crippen molar-refractivity contribution < 1.29 is 18.7 Å². The third-order valence-corrected chi connectivity index (χ3v) is 5.66. The largest absolute Gasteiger partial charge is 0.423 e. The van der Waals surface area contributed by atoms with Crippen LogP contribution in [0.1, 0.15) is 39.5 Å². The Labute approximate surface area is 147 Å². The summed E-state index contributed by atoms with van der Waals surface area (Å²) >= 11 is 0. The van der Waals surface area contributed by atoms with Gasteiger partial charge in [-0.2, -0.15) is 0 Å². The Kier molecular flexibility index (Phi) is 4.89. The number of benzene rings is 1. The van der Waals surface area contributed by atoms with Crippen LogP contribution in [0.3, 0.4) is 0 Å². The van der Waals surface area contributed by atoms with Crippen molar-refractivity contribution >= 4 is 11.8 Å². The number of esters is 1. The number of rotatable bonds is 3. The first kappa shape index (κ1) is 17.6. The molecule has 25 heavy (non-hydrogen) atoms. The van der Waals surface area contributed by atoms with Crippen LogP contribution in [0.2, 0.25) is 0 Å². The average molecular weight is 342 g/mol. The molecule has 0 aliphatic heterocycles. The van der Waals surface area contributed by atoms with Gasteiger partial charge in [-0.05, 0) is 73.8 Å². The summed E-state index contributed by atoms with van der Waals surface area (Å²) in [4.78, 5) is 24.5. The lowest BCUT2D eigenvalue weighted by Gasteiger charge is -2.18. The van der Waals surface area contributed by atoms with Crippen molar-refractivity contribution in [3.63, 3.8) is 0 Å². The number of Topliss-reactive ketones (excluding diaryl/α,β-unsaturated/α-hetero) is 1. The maximum absolute atomic E-state index is 13.0. The first-order valence-corrected chi connectivity index (χ1v) is 8.76. The van der Waals surface area contributed by atoms with E-state index in [-0.39, 0.29) is 17.5 Å². The summed E-state index contributed by atoms with van der Waals surface area (Å²) in [5.74, 6) is 0.392. The van der Waals surface area contributed by atoms with Crippen LogP contribution in [0.25, 0.3) is 0 Å². The summed E-state index contributed by atoms with van der Waals surface area (Å²) in [5, 5.41) is 0. The molecule has 1 aromatic carbocycles. The van der Waals surface area contributed by atoms with Gasteiger partial charge in [-0.1, -0.05) is 19.1 Å². The van der Waals surface area contributed by atoms with Crippen molar-refractivity contribution in [1.29, 1.82) is 0 Å². The Balaban J connectivity index is 1.74. The average Bonchev–Trinajstić information content (AvgIpc) is 2.77. The number of allylic oxidation sites excluding steroid dienone is 2. The van der Waals surface area contributed by atoms with Crippen LogP contribution < -0.4 is 4.74 Å². The molecular formula is C21H23FO3. The number of halogens is 1. The van der Waals surface area contributed by atoms with Gasteiger partial charge in [-0.15, -0.1) is 0 Å². The lowest BCUT2D eigenvalue weighted by molar-refractivity contribution is -0.130. The van der Waals surface area contributed by atoms with E-state index in [2.05, 4.69) is 13.5 Å². The maximum atomic E-state index is 13.0. The standard InChI is InChI=1S/C21H23FO3/c1-12-4-5-15(10-19-14(3)20(23)11-18(12)19)13(2)21(24)25-17-8-6-16(22)7-9-17/h6-9,12,15,18H,2,4-5,10-11H2,1,3H3/t12?,15-,18-/m0/s1. The predicted molar refractivity (Wildman–Crippen MR) is 93.5 cm³/mol. The molecule has 0 heterocycles. The molecule has 1 aromatic rings. The fourth-order valence-corrected chi connectivity index (χ4v) is 3.95. The van der Waals surface area contributed by atoms with Crippen LogP contribution in [0, 0.1) is 23.6 Å². The fraction of sp³-hybridized carbons (Fsp3) is 0.429. The summed E-state index contributed by atoms with van der Waals surface area (Å²) in [6.07, 6.45) is 3.12. The molecule has 0 amide bonds. The van der Waals surface area contributed by atoms with E-state index in [0.29, 0.717) is 36.0 Å². The molecule has 0 aromatic heterocycles. The van der Waals surface area contributed by atoms with Gasteiger partial charge in [0.1, 0.15) is 11.6 Å². The molecular weight excluding hydrogens is 319 g/mol. The summed E-state index contributed by atoms with van der Waals surface area (Å²) in [6, 6.07) is 5.35. The van der Waals surface area contributed by atoms with Crippen LogP contribution in [0.4, 0.5) is 4.39 Å². The normalized spacial score (nSPS) is 26.2. The van der Waals surface area contributed by atoms with Crippen molar-refractivity contribution in [3.05, 3.63) is 53.4 Å². The summed E-state index contributed by atoms with van der Waals surface area (Å²) in [5.41, 5.74) is 2.48. The van der Waals surface area contributed by atoms with Crippen molar-refractivity contribution in [1.82, 2.24) is 0 Å². The molecule has 2 aliphatic carbocycles. The van der Waals surface area contributed by atoms with Gasteiger partial charge in [-0.3, -0.25) is 4.79 Å². The Morgan fingerprint density at radius 2 is 1.88 bits per heavy atom. The van der Waals surface area contributed by atoms with E-state index in [1.165, 1.54) is 29.8 Å². The van der Waals surface area contributed by atoms with Crippen LogP contribution >= 0.6 is 0 Å². The third-order valence-electron chi connectivity index (χ3n) is 5.66. The quantitative estimate of drug-likeness (QED) is 0.457. The monoisotopic (exact) mass is 342 g/mol. The first-order chi connectivity index (χ1) is 11.9. The van der Waals surface area contributed by atoms with Crippen molar-refractivity contribution in [2.75, 3.05) is 0 Å². The Hall–Kier alpha value is -2.23. The van der Waals surface area contributed by atoms with E-state index in [4.69, 9.17) is 4.74 Å². The topological polar surface area (TPSA) is 43.4 Å². The van der Waals surface area contributed by atoms with E-state index in [1.807, 2.05) is 6.92 Å². The Morgan fingerprint density at radius 3 is 2.56 bits per heavy atom. The van der Waals surface area contributed by atoms with Crippen LogP contribution in [-0.4, -0.2) is 11.8 Å². The smallest absolute Gasteiger partial charge is 0.339 e. The molecule has 1 saturated carbocycles. The Morgan fingerprint density at radius 1 is 1.20 bits per heavy atom. The van der Waals surface area contributed by atoms with Gasteiger partial charge in [0.25, 0.3) is 0 Å². The number of hydrogen-bond donors (Lipinski definition) is 0. The molecule has 3 rings (SSSR count). The minimum absolute atomic E-state index is 0.0174. The van der Waals surface area contributed by atoms with E-state index >= 15 is 0 Å². The number of carbonyl (C=O) groups excluding carboxylic acids is 2. The SMILES string of the molecule is C=C(C(=O)Oc1ccc(F)cc1)[C@H]1CCC(C)[C@@H]2CC(=O)C(C)=C2C1. The highest BCUT2D eigenvalue weighted by atomic mass is 19.1. The maximum Gasteiger partial charge on any atom is 0.339 e. The zero-order valence-corrected chi connectivity index (χ0v) is 14.7. The van der Waals surface area contributed by atoms with Gasteiger partial charge < -0.3 is 4.74 Å². The van der Waals surface area contributed by atoms with E-state index < -0.39 is 5.97 Å². The molecule has 0 saturated heterocycles. The molecule has 0 N–H and O–H groups in total. The zero-order chi connectivity index (χ0) is 18.1. The minimum atomic E-state index is -0.481. The first-order valence-electron chi connectivity index (χ1n) is 8.76. The van der Waals surface area contributed by atoms with Crippen molar-refractivity contribution in [2.45, 2.75) is 39.5 Å². The molecule has 132 valence electrons. The highest BCUT2D eigenvalue weighted by molar-refractivity contribution is 5.98. The predicted octanol–water partition coefficient (Wildman–Crippen LogP) is 4.63. The summed E-state index contributed by atoms with van der Waals surface area (Å²) < 4.78 is 18.3. The molecule has 3 nitrogen and oxygen atoms in total. The summed E-state index contributed by atoms with van der Waals surface area (Å²) in [7, 11) is 0. The van der Waals surface area contributed by atoms with Gasteiger partial charge in [0.15, 0.2) is 5.78 Å². The molecule has 0 radical (unpaired) electrons. The molecule has 0 bridgehead atoms. The zero-order valence-electron chi connectivity index (χ0n) is 14.7. The Bertz CT molecular complexity index is 745. The lowest BCUT2D eigenvalue weighted by Crippen LogP contribution is -2.18. The van der Waals surface area contributed by atoms with Gasteiger partial charge >= 0.3 is 5.97 Å². The molecule has 2 aliphatic rings. The number of ketones is 1. The van der Waals surface area contributed by atoms with Crippen LogP contribution in [-0.2, 0) is 9.59 Å². The summed E-state index contributed by atoms with van der Waals surface area (Å²) in [6.45, 7) is 8.04. The van der Waals surface area contributed by atoms with Gasteiger partial charge in [0, 0.05) is 12.0 Å².